The number of pyridine rings is 1. The average molecular weight is 231 g/mol. The van der Waals surface area contributed by atoms with Crippen LogP contribution >= 0.6 is 0 Å². The third kappa shape index (κ3) is 1.82. The lowest BCUT2D eigenvalue weighted by atomic mass is 10.0. The van der Waals surface area contributed by atoms with Gasteiger partial charge < -0.3 is 9.63 Å². The number of nitrogens with zero attached hydrogens (tertiary/aromatic N) is 3. The van der Waals surface area contributed by atoms with Crippen molar-refractivity contribution in [2.75, 3.05) is 0 Å². The summed E-state index contributed by atoms with van der Waals surface area (Å²) in [4.78, 5) is 8.21. The van der Waals surface area contributed by atoms with Crippen molar-refractivity contribution < 1.29 is 9.63 Å². The van der Waals surface area contributed by atoms with Gasteiger partial charge in [0.15, 0.2) is 0 Å². The Hall–Kier alpha value is -1.75. The fourth-order valence-corrected chi connectivity index (χ4v) is 2.20. The molecule has 1 aliphatic rings. The summed E-state index contributed by atoms with van der Waals surface area (Å²) in [7, 11) is 0. The molecule has 0 aliphatic heterocycles. The molecule has 2 aromatic heterocycles. The quantitative estimate of drug-likeness (QED) is 0.854. The van der Waals surface area contributed by atoms with E-state index in [9.17, 15) is 5.11 Å². The molecule has 0 aromatic carbocycles. The van der Waals surface area contributed by atoms with E-state index < -0.39 is 5.60 Å². The summed E-state index contributed by atoms with van der Waals surface area (Å²) in [6, 6.07) is 3.63. The van der Waals surface area contributed by atoms with Crippen LogP contribution in [0.2, 0.25) is 0 Å². The molecule has 0 radical (unpaired) electrons. The van der Waals surface area contributed by atoms with Crippen molar-refractivity contribution in [1.82, 2.24) is 15.1 Å². The summed E-state index contributed by atoms with van der Waals surface area (Å²) in [6.45, 7) is 0. The molecule has 17 heavy (non-hydrogen) atoms. The van der Waals surface area contributed by atoms with E-state index in [1.807, 2.05) is 12.1 Å². The molecule has 5 nitrogen and oxygen atoms in total. The molecule has 3 rings (SSSR count). The lowest BCUT2D eigenvalue weighted by Crippen LogP contribution is -2.21. The number of rotatable bonds is 2. The summed E-state index contributed by atoms with van der Waals surface area (Å²) in [5.41, 5.74) is -0.0743. The first-order valence-electron chi connectivity index (χ1n) is 5.75. The maximum atomic E-state index is 10.3. The highest BCUT2D eigenvalue weighted by Gasteiger charge is 2.38. The Kier molecular flexibility index (Phi) is 2.40. The second-order valence-corrected chi connectivity index (χ2v) is 4.40. The molecule has 0 spiro atoms. The van der Waals surface area contributed by atoms with Crippen LogP contribution in [0.4, 0.5) is 0 Å². The van der Waals surface area contributed by atoms with E-state index in [1.54, 1.807) is 12.4 Å². The van der Waals surface area contributed by atoms with E-state index in [4.69, 9.17) is 4.52 Å². The summed E-state index contributed by atoms with van der Waals surface area (Å²) in [6.07, 6.45) is 6.76. The van der Waals surface area contributed by atoms with Crippen molar-refractivity contribution in [3.63, 3.8) is 0 Å². The van der Waals surface area contributed by atoms with Crippen molar-refractivity contribution in [2.24, 2.45) is 0 Å². The zero-order chi connectivity index (χ0) is 11.7. The van der Waals surface area contributed by atoms with Gasteiger partial charge in [0.25, 0.3) is 5.89 Å². The molecule has 2 aromatic rings. The molecule has 0 unspecified atom stereocenters. The summed E-state index contributed by atoms with van der Waals surface area (Å²) in [5, 5.41) is 14.2. The van der Waals surface area contributed by atoms with E-state index >= 15 is 0 Å². The van der Waals surface area contributed by atoms with E-state index in [-0.39, 0.29) is 0 Å². The predicted molar refractivity (Wildman–Crippen MR) is 59.9 cm³/mol. The zero-order valence-electron chi connectivity index (χ0n) is 9.33. The Morgan fingerprint density at radius 1 is 1.18 bits per heavy atom. The zero-order valence-corrected chi connectivity index (χ0v) is 9.33. The largest absolute Gasteiger partial charge is 0.380 e. The van der Waals surface area contributed by atoms with Crippen molar-refractivity contribution >= 4 is 0 Å². The lowest BCUT2D eigenvalue weighted by molar-refractivity contribution is 0.0112. The first-order chi connectivity index (χ1) is 8.28. The standard InChI is InChI=1S/C12H13N3O2/c16-12(5-1-2-6-12)11-14-10(15-17-11)9-3-7-13-8-4-9/h3-4,7-8,16H,1-2,5-6H2. The van der Waals surface area contributed by atoms with Crippen LogP contribution in [0.25, 0.3) is 11.4 Å². The van der Waals surface area contributed by atoms with Crippen LogP contribution in [0.15, 0.2) is 29.0 Å². The van der Waals surface area contributed by atoms with Crippen molar-refractivity contribution in [3.8, 4) is 11.4 Å². The molecule has 1 fully saturated rings. The van der Waals surface area contributed by atoms with Crippen molar-refractivity contribution in [3.05, 3.63) is 30.4 Å². The van der Waals surface area contributed by atoms with Crippen molar-refractivity contribution in [1.29, 1.82) is 0 Å². The smallest absolute Gasteiger partial charge is 0.258 e. The SMILES string of the molecule is OC1(c2nc(-c3ccncc3)no2)CCCC1. The van der Waals surface area contributed by atoms with Gasteiger partial charge in [0.05, 0.1) is 0 Å². The number of hydrogen-bond donors (Lipinski definition) is 1. The first-order valence-corrected chi connectivity index (χ1v) is 5.75. The third-order valence-electron chi connectivity index (χ3n) is 3.19. The number of hydrogen-bond acceptors (Lipinski definition) is 5. The Bertz CT molecular complexity index is 503. The second-order valence-electron chi connectivity index (χ2n) is 4.40. The summed E-state index contributed by atoms with van der Waals surface area (Å²) >= 11 is 0. The van der Waals surface area contributed by atoms with Gasteiger partial charge in [-0.1, -0.05) is 5.16 Å². The van der Waals surface area contributed by atoms with E-state index in [1.165, 1.54) is 0 Å². The van der Waals surface area contributed by atoms with Gasteiger partial charge in [-0.3, -0.25) is 4.98 Å². The monoisotopic (exact) mass is 231 g/mol. The molecule has 1 N–H and O–H groups in total. The van der Waals surface area contributed by atoms with Gasteiger partial charge in [0, 0.05) is 18.0 Å². The fourth-order valence-electron chi connectivity index (χ4n) is 2.20. The maximum absolute atomic E-state index is 10.3. The van der Waals surface area contributed by atoms with Crippen LogP contribution in [-0.2, 0) is 5.60 Å². The number of aromatic nitrogens is 3. The first kappa shape index (κ1) is 10.4. The molecule has 0 saturated heterocycles. The van der Waals surface area contributed by atoms with Crippen molar-refractivity contribution in [2.45, 2.75) is 31.3 Å². The normalized spacial score (nSPS) is 18.4. The summed E-state index contributed by atoms with van der Waals surface area (Å²) in [5.74, 6) is 0.838. The maximum Gasteiger partial charge on any atom is 0.258 e. The highest BCUT2D eigenvalue weighted by Crippen LogP contribution is 2.38. The number of aliphatic hydroxyl groups is 1. The van der Waals surface area contributed by atoms with Crippen LogP contribution in [-0.4, -0.2) is 20.2 Å². The third-order valence-corrected chi connectivity index (χ3v) is 3.19. The fraction of sp³-hybridized carbons (Fsp3) is 0.417. The predicted octanol–water partition coefficient (Wildman–Crippen LogP) is 1.89. The van der Waals surface area contributed by atoms with Gasteiger partial charge >= 0.3 is 0 Å². The molecule has 0 amide bonds. The molecule has 0 atom stereocenters. The second kappa shape index (κ2) is 3.92. The van der Waals surface area contributed by atoms with Crippen LogP contribution < -0.4 is 0 Å². The van der Waals surface area contributed by atoms with Crippen LogP contribution in [0.3, 0.4) is 0 Å². The highest BCUT2D eigenvalue weighted by atomic mass is 16.5. The van der Waals surface area contributed by atoms with Crippen LogP contribution in [0.1, 0.15) is 31.6 Å². The molecular formula is C12H13N3O2. The van der Waals surface area contributed by atoms with Gasteiger partial charge in [-0.2, -0.15) is 4.98 Å². The van der Waals surface area contributed by atoms with Crippen LogP contribution in [0.5, 0.6) is 0 Å². The Morgan fingerprint density at radius 2 is 1.88 bits per heavy atom. The summed E-state index contributed by atoms with van der Waals surface area (Å²) < 4.78 is 5.17. The topological polar surface area (TPSA) is 72.0 Å². The lowest BCUT2D eigenvalue weighted by Gasteiger charge is -2.15. The molecule has 88 valence electrons. The Morgan fingerprint density at radius 3 is 2.59 bits per heavy atom. The minimum Gasteiger partial charge on any atom is -0.380 e. The Balaban J connectivity index is 1.93. The molecule has 0 bridgehead atoms. The van der Waals surface area contributed by atoms with Gasteiger partial charge in [-0.15, -0.1) is 0 Å². The van der Waals surface area contributed by atoms with Gasteiger partial charge in [-0.05, 0) is 37.8 Å². The van der Waals surface area contributed by atoms with Gasteiger partial charge in [0.2, 0.25) is 5.82 Å². The molecule has 1 saturated carbocycles. The Labute approximate surface area is 98.5 Å². The minimum absolute atomic E-state index is 0.335. The highest BCUT2D eigenvalue weighted by molar-refractivity contribution is 5.52. The average Bonchev–Trinajstić information content (AvgIpc) is 2.99. The minimum atomic E-state index is -0.918. The molecule has 2 heterocycles. The molecule has 1 aliphatic carbocycles. The van der Waals surface area contributed by atoms with Crippen LogP contribution in [0, 0.1) is 0 Å². The van der Waals surface area contributed by atoms with E-state index in [0.717, 1.165) is 18.4 Å². The van der Waals surface area contributed by atoms with Gasteiger partial charge in [0.1, 0.15) is 5.60 Å². The van der Waals surface area contributed by atoms with E-state index in [2.05, 4.69) is 15.1 Å². The van der Waals surface area contributed by atoms with Gasteiger partial charge in [-0.25, -0.2) is 0 Å². The molecular weight excluding hydrogens is 218 g/mol. The van der Waals surface area contributed by atoms with E-state index in [0.29, 0.717) is 24.6 Å². The molecule has 5 heteroatoms.